The summed E-state index contributed by atoms with van der Waals surface area (Å²) in [5, 5.41) is 14.4. The maximum Gasteiger partial charge on any atom is 0.174 e. The molecule has 0 saturated carbocycles. The Labute approximate surface area is 256 Å². The molecule has 0 spiro atoms. The molecule has 222 valence electrons. The third-order valence-corrected chi connectivity index (χ3v) is 9.79. The van der Waals surface area contributed by atoms with Crippen molar-refractivity contribution in [1.29, 1.82) is 0 Å². The van der Waals surface area contributed by atoms with E-state index in [2.05, 4.69) is 47.4 Å². The summed E-state index contributed by atoms with van der Waals surface area (Å²) in [4.78, 5) is 2.30. The predicted molar refractivity (Wildman–Crippen MR) is 172 cm³/mol. The van der Waals surface area contributed by atoms with Gasteiger partial charge in [0, 0.05) is 35.2 Å². The van der Waals surface area contributed by atoms with Crippen molar-refractivity contribution in [3.63, 3.8) is 0 Å². The molecule has 2 aliphatic carbocycles. The van der Waals surface area contributed by atoms with Crippen LogP contribution in [0.2, 0.25) is 0 Å². The lowest BCUT2D eigenvalue weighted by Crippen LogP contribution is -2.37. The summed E-state index contributed by atoms with van der Waals surface area (Å²) in [6.07, 6.45) is 11.7. The van der Waals surface area contributed by atoms with Crippen LogP contribution in [0.4, 0.5) is 10.1 Å². The van der Waals surface area contributed by atoms with Crippen molar-refractivity contribution in [2.75, 3.05) is 38.3 Å². The van der Waals surface area contributed by atoms with Gasteiger partial charge in [0.1, 0.15) is 22.9 Å². The highest BCUT2D eigenvalue weighted by molar-refractivity contribution is 6.10. The molecule has 4 aromatic rings. The number of benzene rings is 4. The van der Waals surface area contributed by atoms with Crippen LogP contribution in [-0.2, 0) is 15.9 Å². The molecule has 1 saturated heterocycles. The fourth-order valence-electron chi connectivity index (χ4n) is 7.58. The zero-order chi connectivity index (χ0) is 30.1. The molecule has 4 aliphatic rings. The molecule has 44 heavy (non-hydrogen) atoms. The van der Waals surface area contributed by atoms with Crippen LogP contribution in [0.3, 0.4) is 0 Å². The second-order valence-electron chi connectivity index (χ2n) is 11.9. The molecule has 5 nitrogen and oxygen atoms in total. The van der Waals surface area contributed by atoms with Gasteiger partial charge in [-0.15, -0.1) is 0 Å². The van der Waals surface area contributed by atoms with Gasteiger partial charge in [-0.05, 0) is 70.8 Å². The molecule has 2 aliphatic heterocycles. The first-order valence-electron chi connectivity index (χ1n) is 15.4. The highest BCUT2D eigenvalue weighted by Gasteiger charge is 2.47. The Kier molecular flexibility index (Phi) is 6.23. The minimum Gasteiger partial charge on any atom is -0.495 e. The van der Waals surface area contributed by atoms with Gasteiger partial charge in [0.15, 0.2) is 5.60 Å². The number of fused-ring (bicyclic) bond motifs is 8. The second kappa shape index (κ2) is 10.1. The number of ether oxygens (including phenoxy) is 3. The number of nitrogens with zero attached hydrogens (tertiary/aromatic N) is 1. The van der Waals surface area contributed by atoms with Crippen LogP contribution in [0, 0.1) is 5.82 Å². The summed E-state index contributed by atoms with van der Waals surface area (Å²) >= 11 is 0. The highest BCUT2D eigenvalue weighted by Crippen LogP contribution is 2.59. The summed E-state index contributed by atoms with van der Waals surface area (Å²) in [5.41, 5.74) is 5.41. The van der Waals surface area contributed by atoms with E-state index >= 15 is 0 Å². The molecule has 0 bridgehead atoms. The molecular formula is C38H34FNO4. The number of methoxy groups -OCH3 is 1. The van der Waals surface area contributed by atoms with Crippen molar-refractivity contribution in [1.82, 2.24) is 0 Å². The molecule has 0 aromatic heterocycles. The van der Waals surface area contributed by atoms with Crippen LogP contribution in [0.25, 0.3) is 28.0 Å². The quantitative estimate of drug-likeness (QED) is 0.260. The molecule has 2 atom stereocenters. The number of hydrogen-bond donors (Lipinski definition) is 1. The SMILES string of the molecule is CCC1(O)c2ccccc2-c2c1c1c(c3cc(N4CCOCC4)c(OC)cc23)OC(C2=CC=CC2)(c2ccc(F)cc2)C=C1. The molecule has 4 aromatic carbocycles. The summed E-state index contributed by atoms with van der Waals surface area (Å²) in [6, 6.07) is 19.0. The fourth-order valence-corrected chi connectivity index (χ4v) is 7.58. The Balaban J connectivity index is 1.46. The topological polar surface area (TPSA) is 51.2 Å². The molecule has 6 heteroatoms. The largest absolute Gasteiger partial charge is 0.495 e. The minimum atomic E-state index is -1.20. The lowest BCUT2D eigenvalue weighted by Gasteiger charge is -2.39. The number of anilines is 1. The molecule has 1 fully saturated rings. The Hall–Kier alpha value is -4.39. The van der Waals surface area contributed by atoms with Crippen molar-refractivity contribution in [2.24, 2.45) is 0 Å². The van der Waals surface area contributed by atoms with Crippen LogP contribution >= 0.6 is 0 Å². The number of hydrogen-bond acceptors (Lipinski definition) is 5. The Morgan fingerprint density at radius 1 is 1.02 bits per heavy atom. The van der Waals surface area contributed by atoms with Gasteiger partial charge in [0.25, 0.3) is 0 Å². The third kappa shape index (κ3) is 3.77. The fraction of sp³-hybridized carbons (Fsp3) is 0.263. The monoisotopic (exact) mass is 587 g/mol. The van der Waals surface area contributed by atoms with E-state index in [4.69, 9.17) is 14.2 Å². The summed E-state index contributed by atoms with van der Waals surface area (Å²) in [5.74, 6) is 1.18. The van der Waals surface area contributed by atoms with Gasteiger partial charge in [0.05, 0.1) is 26.0 Å². The standard InChI is InChI=1S/C38H34FNO4/c1-3-37(41)31-11-7-6-10-27(31)34-29-23-33(42-2)32(40-18-20-43-21-19-40)22-30(29)36-28(35(34)37)16-17-38(44-36,24-8-4-5-9-24)25-12-14-26(39)15-13-25/h4-8,10-17,22-23,41H,3,9,18-21H2,1-2H3. The zero-order valence-corrected chi connectivity index (χ0v) is 24.9. The van der Waals surface area contributed by atoms with E-state index in [0.717, 1.165) is 80.7 Å². The normalized spacial score (nSPS) is 23.3. The molecule has 8 rings (SSSR count). The average Bonchev–Trinajstić information content (AvgIpc) is 3.71. The maximum atomic E-state index is 14.2. The predicted octanol–water partition coefficient (Wildman–Crippen LogP) is 7.64. The molecular weight excluding hydrogens is 553 g/mol. The van der Waals surface area contributed by atoms with Gasteiger partial charge < -0.3 is 24.2 Å². The van der Waals surface area contributed by atoms with Crippen molar-refractivity contribution < 1.29 is 23.7 Å². The second-order valence-corrected chi connectivity index (χ2v) is 11.9. The lowest BCUT2D eigenvalue weighted by atomic mass is 9.79. The van der Waals surface area contributed by atoms with E-state index in [9.17, 15) is 9.50 Å². The number of rotatable bonds is 5. The number of morpholine rings is 1. The first-order chi connectivity index (χ1) is 21.5. The summed E-state index contributed by atoms with van der Waals surface area (Å²) in [6.45, 7) is 4.83. The van der Waals surface area contributed by atoms with E-state index < -0.39 is 11.2 Å². The first kappa shape index (κ1) is 27.2. The summed E-state index contributed by atoms with van der Waals surface area (Å²) < 4.78 is 33.2. The maximum absolute atomic E-state index is 14.2. The smallest absolute Gasteiger partial charge is 0.174 e. The van der Waals surface area contributed by atoms with Crippen molar-refractivity contribution in [3.05, 3.63) is 119 Å². The van der Waals surface area contributed by atoms with Crippen LogP contribution in [0.1, 0.15) is 42.0 Å². The Bertz CT molecular complexity index is 1900. The molecule has 2 unspecified atom stereocenters. The van der Waals surface area contributed by atoms with Crippen molar-refractivity contribution in [2.45, 2.75) is 31.0 Å². The third-order valence-electron chi connectivity index (χ3n) is 9.79. The number of aliphatic hydroxyl groups is 1. The average molecular weight is 588 g/mol. The molecule has 1 N–H and O–H groups in total. The van der Waals surface area contributed by atoms with E-state index in [1.807, 2.05) is 31.2 Å². The Morgan fingerprint density at radius 3 is 2.55 bits per heavy atom. The highest BCUT2D eigenvalue weighted by atomic mass is 19.1. The van der Waals surface area contributed by atoms with Crippen LogP contribution in [-0.4, -0.2) is 38.5 Å². The van der Waals surface area contributed by atoms with E-state index in [1.165, 1.54) is 12.1 Å². The molecule has 2 heterocycles. The number of halogens is 1. The zero-order valence-electron chi connectivity index (χ0n) is 24.9. The minimum absolute atomic E-state index is 0.293. The number of allylic oxidation sites excluding steroid dienone is 3. The summed E-state index contributed by atoms with van der Waals surface area (Å²) in [7, 11) is 1.71. The van der Waals surface area contributed by atoms with E-state index in [0.29, 0.717) is 25.4 Å². The first-order valence-corrected chi connectivity index (χ1v) is 15.4. The van der Waals surface area contributed by atoms with E-state index in [1.54, 1.807) is 19.2 Å². The van der Waals surface area contributed by atoms with Gasteiger partial charge >= 0.3 is 0 Å². The van der Waals surface area contributed by atoms with Gasteiger partial charge in [0.2, 0.25) is 0 Å². The van der Waals surface area contributed by atoms with Gasteiger partial charge in [-0.2, -0.15) is 0 Å². The van der Waals surface area contributed by atoms with E-state index in [-0.39, 0.29) is 5.82 Å². The Morgan fingerprint density at radius 2 is 1.82 bits per heavy atom. The van der Waals surface area contributed by atoms with Crippen LogP contribution in [0.5, 0.6) is 11.5 Å². The van der Waals surface area contributed by atoms with Crippen molar-refractivity contribution >= 4 is 22.5 Å². The van der Waals surface area contributed by atoms with Gasteiger partial charge in [-0.3, -0.25) is 0 Å². The van der Waals surface area contributed by atoms with Gasteiger partial charge in [-0.25, -0.2) is 4.39 Å². The lowest BCUT2D eigenvalue weighted by molar-refractivity contribution is 0.0800. The van der Waals surface area contributed by atoms with Crippen molar-refractivity contribution in [3.8, 4) is 22.6 Å². The van der Waals surface area contributed by atoms with Crippen LogP contribution in [0.15, 0.2) is 90.5 Å². The molecule has 0 amide bonds. The van der Waals surface area contributed by atoms with Gasteiger partial charge in [-0.1, -0.05) is 67.6 Å². The van der Waals surface area contributed by atoms with Crippen LogP contribution < -0.4 is 14.4 Å². The molecule has 0 radical (unpaired) electrons.